The lowest BCUT2D eigenvalue weighted by atomic mass is 9.77. The van der Waals surface area contributed by atoms with Crippen molar-refractivity contribution in [2.75, 3.05) is 6.61 Å². The molecule has 1 aliphatic carbocycles. The third kappa shape index (κ3) is 3.71. The number of hydrogen-bond acceptors (Lipinski definition) is 4. The molecule has 0 radical (unpaired) electrons. The van der Waals surface area contributed by atoms with E-state index in [1.807, 2.05) is 13.8 Å². The molecule has 0 heterocycles. The number of halogens is 1. The molecule has 98 valence electrons. The van der Waals surface area contributed by atoms with E-state index >= 15 is 0 Å². The minimum Gasteiger partial charge on any atom is -0.463 e. The van der Waals surface area contributed by atoms with Crippen LogP contribution in [-0.2, 0) is 18.6 Å². The molecule has 0 fully saturated rings. The van der Waals surface area contributed by atoms with Crippen LogP contribution in [0.15, 0.2) is 10.5 Å². The van der Waals surface area contributed by atoms with Crippen LogP contribution in [0, 0.1) is 5.41 Å². The largest absolute Gasteiger partial charge is 0.463 e. The van der Waals surface area contributed by atoms with Crippen LogP contribution in [0.4, 0.5) is 0 Å². The highest BCUT2D eigenvalue weighted by Gasteiger charge is 2.35. The van der Waals surface area contributed by atoms with E-state index in [2.05, 4.69) is 0 Å². The average molecular weight is 281 g/mol. The Labute approximate surface area is 106 Å². The van der Waals surface area contributed by atoms with Gasteiger partial charge in [0.2, 0.25) is 0 Å². The van der Waals surface area contributed by atoms with Crippen molar-refractivity contribution in [2.45, 2.75) is 40.0 Å². The van der Waals surface area contributed by atoms with Gasteiger partial charge in [-0.1, -0.05) is 13.8 Å². The zero-order chi connectivity index (χ0) is 13.3. The van der Waals surface area contributed by atoms with Gasteiger partial charge in [0.1, 0.15) is 0 Å². The highest BCUT2D eigenvalue weighted by Crippen LogP contribution is 2.41. The van der Waals surface area contributed by atoms with Gasteiger partial charge >= 0.3 is 5.97 Å². The third-order valence-electron chi connectivity index (χ3n) is 2.84. The molecule has 0 unspecified atom stereocenters. The SMILES string of the molecule is CCOC(=O)C1=C(S(=O)(=O)Cl)CCC(C)(C)C1. The van der Waals surface area contributed by atoms with Gasteiger partial charge < -0.3 is 4.74 Å². The number of hydrogen-bond donors (Lipinski definition) is 0. The van der Waals surface area contributed by atoms with Crippen molar-refractivity contribution in [3.63, 3.8) is 0 Å². The summed E-state index contributed by atoms with van der Waals surface area (Å²) in [5.41, 5.74) is 0.103. The second-order valence-corrected chi connectivity index (χ2v) is 7.49. The Morgan fingerprint density at radius 3 is 2.53 bits per heavy atom. The van der Waals surface area contributed by atoms with Gasteiger partial charge in [0.05, 0.1) is 17.1 Å². The molecule has 6 heteroatoms. The molecule has 1 rings (SSSR count). The summed E-state index contributed by atoms with van der Waals surface area (Å²) in [4.78, 5) is 11.8. The Kier molecular flexibility index (Phi) is 4.25. The van der Waals surface area contributed by atoms with E-state index in [-0.39, 0.29) is 22.5 Å². The highest BCUT2D eigenvalue weighted by molar-refractivity contribution is 8.16. The molecule has 0 amide bonds. The predicted octanol–water partition coefficient (Wildman–Crippen LogP) is 2.58. The van der Waals surface area contributed by atoms with E-state index in [0.717, 1.165) is 0 Å². The van der Waals surface area contributed by atoms with Crippen LogP contribution < -0.4 is 0 Å². The topological polar surface area (TPSA) is 60.4 Å². The summed E-state index contributed by atoms with van der Waals surface area (Å²) in [7, 11) is 1.51. The average Bonchev–Trinajstić information content (AvgIpc) is 2.14. The molecular weight excluding hydrogens is 264 g/mol. The molecule has 4 nitrogen and oxygen atoms in total. The van der Waals surface area contributed by atoms with E-state index in [0.29, 0.717) is 19.3 Å². The van der Waals surface area contributed by atoms with E-state index in [1.165, 1.54) is 0 Å². The van der Waals surface area contributed by atoms with Crippen LogP contribution in [-0.4, -0.2) is 21.0 Å². The first-order valence-corrected chi connectivity index (χ1v) is 7.82. The lowest BCUT2D eigenvalue weighted by Crippen LogP contribution is -2.25. The number of esters is 1. The van der Waals surface area contributed by atoms with Crippen molar-refractivity contribution in [1.29, 1.82) is 0 Å². The zero-order valence-electron chi connectivity index (χ0n) is 10.2. The smallest absolute Gasteiger partial charge is 0.335 e. The third-order valence-corrected chi connectivity index (χ3v) is 4.43. The summed E-state index contributed by atoms with van der Waals surface area (Å²) in [6.07, 6.45) is 1.37. The molecular formula is C11H17ClO4S. The summed E-state index contributed by atoms with van der Waals surface area (Å²) in [6.45, 7) is 5.88. The van der Waals surface area contributed by atoms with E-state index < -0.39 is 15.0 Å². The summed E-state index contributed by atoms with van der Waals surface area (Å²) >= 11 is 0. The first-order chi connectivity index (χ1) is 7.67. The van der Waals surface area contributed by atoms with Crippen LogP contribution in [0.5, 0.6) is 0 Å². The standard InChI is InChI=1S/C11H17ClO4S/c1-4-16-10(13)8-7-11(2,3)6-5-9(8)17(12,14)15/h4-7H2,1-3H3. The maximum Gasteiger partial charge on any atom is 0.335 e. The van der Waals surface area contributed by atoms with E-state index in [1.54, 1.807) is 6.92 Å². The number of carbonyl (C=O) groups excluding carboxylic acids is 1. The van der Waals surface area contributed by atoms with Gasteiger partial charge in [-0.2, -0.15) is 0 Å². The summed E-state index contributed by atoms with van der Waals surface area (Å²) in [5, 5.41) is 0. The van der Waals surface area contributed by atoms with Crippen LogP contribution in [0.25, 0.3) is 0 Å². The van der Waals surface area contributed by atoms with E-state index in [4.69, 9.17) is 15.4 Å². The predicted molar refractivity (Wildman–Crippen MR) is 66.1 cm³/mol. The molecule has 0 N–H and O–H groups in total. The fourth-order valence-electron chi connectivity index (χ4n) is 1.94. The van der Waals surface area contributed by atoms with Crippen molar-refractivity contribution >= 4 is 25.7 Å². The number of ether oxygens (including phenoxy) is 1. The van der Waals surface area contributed by atoms with Crippen LogP contribution >= 0.6 is 10.7 Å². The van der Waals surface area contributed by atoms with Crippen LogP contribution in [0.3, 0.4) is 0 Å². The van der Waals surface area contributed by atoms with Crippen molar-refractivity contribution < 1.29 is 17.9 Å². The van der Waals surface area contributed by atoms with Gasteiger partial charge in [0.25, 0.3) is 9.05 Å². The fourth-order valence-corrected chi connectivity index (χ4v) is 3.25. The Bertz CT molecular complexity index is 448. The van der Waals surface area contributed by atoms with Gasteiger partial charge in [0, 0.05) is 10.7 Å². The van der Waals surface area contributed by atoms with Gasteiger partial charge in [-0.25, -0.2) is 13.2 Å². The van der Waals surface area contributed by atoms with Gasteiger partial charge in [-0.05, 0) is 31.6 Å². The molecule has 0 aromatic heterocycles. The molecule has 0 saturated carbocycles. The quantitative estimate of drug-likeness (QED) is 0.589. The zero-order valence-corrected chi connectivity index (χ0v) is 11.8. The Balaban J connectivity index is 3.20. The molecule has 0 spiro atoms. The second-order valence-electron chi connectivity index (χ2n) is 4.90. The Hall–Kier alpha value is -0.550. The maximum atomic E-state index is 11.7. The lowest BCUT2D eigenvalue weighted by molar-refractivity contribution is -0.139. The van der Waals surface area contributed by atoms with Crippen molar-refractivity contribution in [1.82, 2.24) is 0 Å². The van der Waals surface area contributed by atoms with E-state index in [9.17, 15) is 13.2 Å². The summed E-state index contributed by atoms with van der Waals surface area (Å²) < 4.78 is 27.7. The van der Waals surface area contributed by atoms with Crippen LogP contribution in [0.2, 0.25) is 0 Å². The van der Waals surface area contributed by atoms with Crippen molar-refractivity contribution in [2.24, 2.45) is 5.41 Å². The first kappa shape index (κ1) is 14.5. The molecule has 17 heavy (non-hydrogen) atoms. The van der Waals surface area contributed by atoms with Crippen molar-refractivity contribution in [3.8, 4) is 0 Å². The summed E-state index contributed by atoms with van der Waals surface area (Å²) in [5.74, 6) is -0.570. The number of rotatable bonds is 3. The number of allylic oxidation sites excluding steroid dienone is 1. The molecule has 0 saturated heterocycles. The van der Waals surface area contributed by atoms with Crippen molar-refractivity contribution in [3.05, 3.63) is 10.5 Å². The van der Waals surface area contributed by atoms with Crippen LogP contribution in [0.1, 0.15) is 40.0 Å². The molecule has 0 bridgehead atoms. The van der Waals surface area contributed by atoms with Gasteiger partial charge in [-0.3, -0.25) is 0 Å². The lowest BCUT2D eigenvalue weighted by Gasteiger charge is -2.31. The Morgan fingerprint density at radius 2 is 2.06 bits per heavy atom. The normalized spacial score (nSPS) is 20.2. The minimum absolute atomic E-state index is 0.0249. The molecule has 0 aromatic rings. The highest BCUT2D eigenvalue weighted by atomic mass is 35.7. The Morgan fingerprint density at radius 1 is 1.47 bits per heavy atom. The maximum absolute atomic E-state index is 11.7. The second kappa shape index (κ2) is 4.98. The molecule has 0 aromatic carbocycles. The van der Waals surface area contributed by atoms with Gasteiger partial charge in [0.15, 0.2) is 0 Å². The molecule has 1 aliphatic rings. The monoisotopic (exact) mass is 280 g/mol. The number of carbonyl (C=O) groups is 1. The van der Waals surface area contributed by atoms with Gasteiger partial charge in [-0.15, -0.1) is 0 Å². The summed E-state index contributed by atoms with van der Waals surface area (Å²) in [6, 6.07) is 0. The first-order valence-electron chi connectivity index (χ1n) is 5.51. The fraction of sp³-hybridized carbons (Fsp3) is 0.727. The molecule has 0 aliphatic heterocycles. The molecule has 0 atom stereocenters. The minimum atomic E-state index is -3.84.